The molecule has 1 aromatic carbocycles. The van der Waals surface area contributed by atoms with Crippen LogP contribution < -0.4 is 0 Å². The van der Waals surface area contributed by atoms with Gasteiger partial charge in [0.15, 0.2) is 0 Å². The Bertz CT molecular complexity index is 913. The Balaban J connectivity index is 1.66. The highest BCUT2D eigenvalue weighted by molar-refractivity contribution is 7.98. The van der Waals surface area contributed by atoms with E-state index in [1.165, 1.54) is 4.90 Å². The van der Waals surface area contributed by atoms with Gasteiger partial charge in [-0.1, -0.05) is 12.1 Å². The average molecular weight is 323 g/mol. The molecule has 0 fully saturated rings. The number of thioether (sulfide) groups is 1. The van der Waals surface area contributed by atoms with Crippen molar-refractivity contribution in [2.75, 3.05) is 6.26 Å². The Morgan fingerprint density at radius 3 is 2.43 bits per heavy atom. The number of aromatic nitrogens is 2. The summed E-state index contributed by atoms with van der Waals surface area (Å²) in [6.07, 6.45) is 5.80. The maximum atomic E-state index is 12.4. The fourth-order valence-electron chi connectivity index (χ4n) is 2.79. The normalized spacial score (nSPS) is 13.9. The highest BCUT2D eigenvalue weighted by Gasteiger charge is 2.35. The van der Waals surface area contributed by atoms with E-state index in [1.54, 1.807) is 36.0 Å². The number of carbonyl (C=O) groups is 2. The van der Waals surface area contributed by atoms with Gasteiger partial charge in [-0.15, -0.1) is 11.8 Å². The standard InChI is InChI=1S/C17H13N3O2S/c1-23-15-6-7-19-9-11(8-14(19)18-15)10-20-16(21)12-4-2-3-5-13(12)17(20)22/h2-9H,10H2,1H3. The van der Waals surface area contributed by atoms with Crippen LogP contribution in [-0.2, 0) is 6.54 Å². The van der Waals surface area contributed by atoms with E-state index >= 15 is 0 Å². The Labute approximate surface area is 136 Å². The molecule has 4 rings (SSSR count). The minimum absolute atomic E-state index is 0.237. The summed E-state index contributed by atoms with van der Waals surface area (Å²) in [5.74, 6) is -0.475. The van der Waals surface area contributed by atoms with Crippen LogP contribution in [0.4, 0.5) is 0 Å². The van der Waals surface area contributed by atoms with Gasteiger partial charge >= 0.3 is 0 Å². The first kappa shape index (κ1) is 14.0. The molecule has 0 unspecified atom stereocenters. The second kappa shape index (κ2) is 5.24. The van der Waals surface area contributed by atoms with Crippen molar-refractivity contribution in [2.24, 2.45) is 0 Å². The number of hydrogen-bond acceptors (Lipinski definition) is 4. The summed E-state index contributed by atoms with van der Waals surface area (Å²) in [6.45, 7) is 0.254. The highest BCUT2D eigenvalue weighted by atomic mass is 32.2. The molecule has 3 aromatic rings. The van der Waals surface area contributed by atoms with Gasteiger partial charge in [0.2, 0.25) is 0 Å². The van der Waals surface area contributed by atoms with Crippen LogP contribution in [0.1, 0.15) is 26.3 Å². The van der Waals surface area contributed by atoms with Crippen LogP contribution in [0.3, 0.4) is 0 Å². The number of benzene rings is 1. The number of carbonyl (C=O) groups excluding carboxylic acids is 2. The van der Waals surface area contributed by atoms with Crippen molar-refractivity contribution in [1.82, 2.24) is 14.3 Å². The van der Waals surface area contributed by atoms with Crippen LogP contribution in [0.15, 0.2) is 53.8 Å². The van der Waals surface area contributed by atoms with Gasteiger partial charge in [0, 0.05) is 12.4 Å². The van der Waals surface area contributed by atoms with Gasteiger partial charge in [0.1, 0.15) is 5.65 Å². The third-order valence-electron chi connectivity index (χ3n) is 3.91. The molecule has 5 nitrogen and oxygen atoms in total. The van der Waals surface area contributed by atoms with Gasteiger partial charge in [-0.3, -0.25) is 14.5 Å². The number of amides is 2. The molecule has 2 amide bonds. The summed E-state index contributed by atoms with van der Waals surface area (Å²) >= 11 is 1.58. The fourth-order valence-corrected chi connectivity index (χ4v) is 3.17. The number of imide groups is 1. The fraction of sp³-hybridized carbons (Fsp3) is 0.118. The smallest absolute Gasteiger partial charge is 0.261 e. The van der Waals surface area contributed by atoms with E-state index in [9.17, 15) is 9.59 Å². The summed E-state index contributed by atoms with van der Waals surface area (Å²) in [6, 6.07) is 10.8. The van der Waals surface area contributed by atoms with Crippen LogP contribution in [0.25, 0.3) is 5.65 Å². The van der Waals surface area contributed by atoms with Crippen LogP contribution >= 0.6 is 11.8 Å². The average Bonchev–Trinajstić information content (AvgIpc) is 3.09. The molecule has 0 bridgehead atoms. The topological polar surface area (TPSA) is 54.7 Å². The molecule has 0 saturated carbocycles. The lowest BCUT2D eigenvalue weighted by molar-refractivity contribution is 0.0642. The predicted octanol–water partition coefficient (Wildman–Crippen LogP) is 2.85. The summed E-state index contributed by atoms with van der Waals surface area (Å²) in [7, 11) is 0. The predicted molar refractivity (Wildman–Crippen MR) is 87.6 cm³/mol. The van der Waals surface area contributed by atoms with E-state index in [0.29, 0.717) is 11.1 Å². The summed E-state index contributed by atoms with van der Waals surface area (Å²) in [5, 5.41) is 0.933. The SMILES string of the molecule is CSc1ccn2cc(CN3C(=O)c4ccccc4C3=O)cc2n1. The van der Waals surface area contributed by atoms with Gasteiger partial charge < -0.3 is 4.40 Å². The van der Waals surface area contributed by atoms with Gasteiger partial charge in [-0.25, -0.2) is 4.98 Å². The van der Waals surface area contributed by atoms with Crippen molar-refractivity contribution in [2.45, 2.75) is 11.6 Å². The molecule has 2 aromatic heterocycles. The zero-order chi connectivity index (χ0) is 16.0. The van der Waals surface area contributed by atoms with Crippen molar-refractivity contribution in [3.05, 3.63) is 65.5 Å². The van der Waals surface area contributed by atoms with Crippen molar-refractivity contribution in [1.29, 1.82) is 0 Å². The van der Waals surface area contributed by atoms with Crippen molar-refractivity contribution < 1.29 is 9.59 Å². The van der Waals surface area contributed by atoms with Crippen molar-refractivity contribution >= 4 is 29.2 Å². The third kappa shape index (κ3) is 2.22. The summed E-state index contributed by atoms with van der Waals surface area (Å²) in [4.78, 5) is 30.6. The van der Waals surface area contributed by atoms with Crippen LogP contribution in [0.5, 0.6) is 0 Å². The minimum Gasteiger partial charge on any atom is -0.308 e. The van der Waals surface area contributed by atoms with E-state index in [1.807, 2.05) is 35.2 Å². The van der Waals surface area contributed by atoms with E-state index in [-0.39, 0.29) is 18.4 Å². The molecule has 0 saturated heterocycles. The Morgan fingerprint density at radius 2 is 1.78 bits per heavy atom. The number of fused-ring (bicyclic) bond motifs is 2. The first-order chi connectivity index (χ1) is 11.2. The zero-order valence-corrected chi connectivity index (χ0v) is 13.2. The summed E-state index contributed by atoms with van der Waals surface area (Å²) in [5.41, 5.74) is 2.64. The molecule has 0 N–H and O–H groups in total. The van der Waals surface area contributed by atoms with Crippen LogP contribution in [0, 0.1) is 0 Å². The van der Waals surface area contributed by atoms with Gasteiger partial charge in [-0.2, -0.15) is 0 Å². The number of nitrogens with zero attached hydrogens (tertiary/aromatic N) is 3. The van der Waals surface area contributed by atoms with E-state index in [2.05, 4.69) is 4.98 Å². The Morgan fingerprint density at radius 1 is 1.09 bits per heavy atom. The quantitative estimate of drug-likeness (QED) is 0.422. The molecular weight excluding hydrogens is 310 g/mol. The van der Waals surface area contributed by atoms with E-state index < -0.39 is 0 Å². The van der Waals surface area contributed by atoms with Crippen molar-refractivity contribution in [3.8, 4) is 0 Å². The zero-order valence-electron chi connectivity index (χ0n) is 12.4. The monoisotopic (exact) mass is 323 g/mol. The van der Waals surface area contributed by atoms with Crippen LogP contribution in [0.2, 0.25) is 0 Å². The molecule has 3 heterocycles. The highest BCUT2D eigenvalue weighted by Crippen LogP contribution is 2.25. The third-order valence-corrected chi connectivity index (χ3v) is 4.56. The minimum atomic E-state index is -0.237. The molecule has 1 aliphatic heterocycles. The van der Waals surface area contributed by atoms with Gasteiger partial charge in [0.25, 0.3) is 11.8 Å². The number of hydrogen-bond donors (Lipinski definition) is 0. The molecule has 0 atom stereocenters. The molecular formula is C17H13N3O2S. The molecule has 0 aliphatic carbocycles. The molecule has 114 valence electrons. The maximum absolute atomic E-state index is 12.4. The molecule has 6 heteroatoms. The number of rotatable bonds is 3. The second-order valence-corrected chi connectivity index (χ2v) is 6.15. The van der Waals surface area contributed by atoms with Gasteiger partial charge in [-0.05, 0) is 36.1 Å². The Kier molecular flexibility index (Phi) is 3.20. The molecule has 0 spiro atoms. The van der Waals surface area contributed by atoms with Crippen LogP contribution in [-0.4, -0.2) is 32.4 Å². The van der Waals surface area contributed by atoms with Crippen molar-refractivity contribution in [3.63, 3.8) is 0 Å². The van der Waals surface area contributed by atoms with Gasteiger partial charge in [0.05, 0.1) is 22.7 Å². The lowest BCUT2D eigenvalue weighted by atomic mass is 10.1. The molecule has 0 radical (unpaired) electrons. The molecule has 23 heavy (non-hydrogen) atoms. The first-order valence-corrected chi connectivity index (χ1v) is 8.36. The summed E-state index contributed by atoms with van der Waals surface area (Å²) < 4.78 is 1.90. The second-order valence-electron chi connectivity index (χ2n) is 5.33. The largest absolute Gasteiger partial charge is 0.308 e. The van der Waals surface area contributed by atoms with E-state index in [4.69, 9.17) is 0 Å². The first-order valence-electron chi connectivity index (χ1n) is 7.14. The van der Waals surface area contributed by atoms with E-state index in [0.717, 1.165) is 16.2 Å². The Hall–Kier alpha value is -2.60. The lowest BCUT2D eigenvalue weighted by Gasteiger charge is -2.12. The lowest BCUT2D eigenvalue weighted by Crippen LogP contribution is -2.28. The maximum Gasteiger partial charge on any atom is 0.261 e. The molecule has 1 aliphatic rings.